The van der Waals surface area contributed by atoms with Gasteiger partial charge in [0.1, 0.15) is 5.75 Å². The lowest BCUT2D eigenvalue weighted by molar-refractivity contribution is -0.123. The molecule has 1 aliphatic heterocycles. The predicted octanol–water partition coefficient (Wildman–Crippen LogP) is 0.0669. The van der Waals surface area contributed by atoms with Gasteiger partial charge in [-0.2, -0.15) is 0 Å². The summed E-state index contributed by atoms with van der Waals surface area (Å²) in [6.07, 6.45) is 0.405. The van der Waals surface area contributed by atoms with Gasteiger partial charge in [-0.3, -0.25) is 4.79 Å². The first-order valence-corrected chi connectivity index (χ1v) is 8.14. The summed E-state index contributed by atoms with van der Waals surface area (Å²) in [5.74, 6) is -1.21. The third-order valence-electron chi connectivity index (χ3n) is 3.05. The van der Waals surface area contributed by atoms with Gasteiger partial charge in [-0.1, -0.05) is 6.07 Å². The molecule has 2 N–H and O–H groups in total. The van der Waals surface area contributed by atoms with Gasteiger partial charge in [-0.05, 0) is 24.6 Å². The topological polar surface area (TPSA) is 110 Å². The Morgan fingerprint density at radius 1 is 1.38 bits per heavy atom. The smallest absolute Gasteiger partial charge is 0.335 e. The Hall–Kier alpha value is -2.09. The van der Waals surface area contributed by atoms with E-state index >= 15 is 0 Å². The lowest BCUT2D eigenvalue weighted by atomic mass is 10.2. The molecule has 1 amide bonds. The van der Waals surface area contributed by atoms with Crippen molar-refractivity contribution in [2.75, 3.05) is 18.1 Å². The largest absolute Gasteiger partial charge is 0.484 e. The lowest BCUT2D eigenvalue weighted by Gasteiger charge is -2.11. The maximum Gasteiger partial charge on any atom is 0.335 e. The van der Waals surface area contributed by atoms with E-state index in [-0.39, 0.29) is 35.5 Å². The fraction of sp³-hybridized carbons (Fsp3) is 0.385. The van der Waals surface area contributed by atoms with E-state index in [1.165, 1.54) is 18.2 Å². The Morgan fingerprint density at radius 2 is 2.14 bits per heavy atom. The number of benzene rings is 1. The second-order valence-corrected chi connectivity index (χ2v) is 7.02. The molecule has 1 aliphatic rings. The average molecular weight is 313 g/mol. The molecule has 8 heteroatoms. The highest BCUT2D eigenvalue weighted by atomic mass is 32.2. The summed E-state index contributed by atoms with van der Waals surface area (Å²) >= 11 is 0. The molecule has 1 fully saturated rings. The Kier molecular flexibility index (Phi) is 4.46. The molecule has 0 spiro atoms. The van der Waals surface area contributed by atoms with Crippen LogP contribution >= 0.6 is 0 Å². The van der Waals surface area contributed by atoms with Gasteiger partial charge in [0.2, 0.25) is 0 Å². The van der Waals surface area contributed by atoms with Gasteiger partial charge in [0.25, 0.3) is 5.91 Å². The Bertz CT molecular complexity index is 654. The molecule has 0 aromatic heterocycles. The number of amides is 1. The van der Waals surface area contributed by atoms with E-state index in [4.69, 9.17) is 9.84 Å². The number of nitrogens with one attached hydrogen (secondary N) is 1. The van der Waals surface area contributed by atoms with Gasteiger partial charge >= 0.3 is 5.97 Å². The Morgan fingerprint density at radius 3 is 2.76 bits per heavy atom. The first-order chi connectivity index (χ1) is 9.85. The zero-order valence-corrected chi connectivity index (χ0v) is 11.9. The third kappa shape index (κ3) is 4.45. The molecule has 21 heavy (non-hydrogen) atoms. The molecule has 1 aromatic rings. The summed E-state index contributed by atoms with van der Waals surface area (Å²) in [4.78, 5) is 22.4. The van der Waals surface area contributed by atoms with Gasteiger partial charge in [0.05, 0.1) is 17.1 Å². The molecule has 0 radical (unpaired) electrons. The van der Waals surface area contributed by atoms with E-state index in [1.54, 1.807) is 6.07 Å². The number of rotatable bonds is 5. The maximum absolute atomic E-state index is 11.7. The molecule has 1 saturated heterocycles. The van der Waals surface area contributed by atoms with Crippen LogP contribution in [0.4, 0.5) is 0 Å². The van der Waals surface area contributed by atoms with Crippen molar-refractivity contribution in [3.05, 3.63) is 29.8 Å². The minimum atomic E-state index is -3.04. The predicted molar refractivity (Wildman–Crippen MR) is 74.1 cm³/mol. The number of hydrogen-bond acceptors (Lipinski definition) is 5. The number of aromatic carboxylic acids is 1. The molecule has 114 valence electrons. The molecule has 2 rings (SSSR count). The quantitative estimate of drug-likeness (QED) is 0.796. The molecular formula is C13H15NO6S. The summed E-state index contributed by atoms with van der Waals surface area (Å²) < 4.78 is 27.7. The fourth-order valence-corrected chi connectivity index (χ4v) is 3.72. The second kappa shape index (κ2) is 6.13. The van der Waals surface area contributed by atoms with E-state index in [1.807, 2.05) is 0 Å². The van der Waals surface area contributed by atoms with Crippen molar-refractivity contribution < 1.29 is 27.9 Å². The number of carboxylic acids is 1. The number of carbonyl (C=O) groups is 2. The molecule has 0 bridgehead atoms. The summed E-state index contributed by atoms with van der Waals surface area (Å²) in [7, 11) is -3.04. The molecular weight excluding hydrogens is 298 g/mol. The van der Waals surface area contributed by atoms with Gasteiger partial charge in [-0.15, -0.1) is 0 Å². The van der Waals surface area contributed by atoms with Crippen LogP contribution in [0, 0.1) is 0 Å². The van der Waals surface area contributed by atoms with E-state index in [0.717, 1.165) is 0 Å². The van der Waals surface area contributed by atoms with Gasteiger partial charge in [-0.25, -0.2) is 13.2 Å². The monoisotopic (exact) mass is 313 g/mol. The van der Waals surface area contributed by atoms with Crippen molar-refractivity contribution in [2.24, 2.45) is 0 Å². The van der Waals surface area contributed by atoms with Crippen molar-refractivity contribution >= 4 is 21.7 Å². The number of sulfone groups is 1. The van der Waals surface area contributed by atoms with Crippen molar-refractivity contribution in [2.45, 2.75) is 12.5 Å². The summed E-state index contributed by atoms with van der Waals surface area (Å²) in [5.41, 5.74) is 0.0646. The number of ether oxygens (including phenoxy) is 1. The standard InChI is InChI=1S/C13H15NO6S/c15-12(14-10-4-5-21(18,19)8-10)7-20-11-3-1-2-9(6-11)13(16)17/h1-3,6,10H,4-5,7-8H2,(H,14,15)(H,16,17). The van der Waals surface area contributed by atoms with Crippen LogP contribution in [0.1, 0.15) is 16.8 Å². The average Bonchev–Trinajstić information content (AvgIpc) is 2.76. The van der Waals surface area contributed by atoms with Crippen LogP contribution in [0.3, 0.4) is 0 Å². The van der Waals surface area contributed by atoms with Crippen LogP contribution in [-0.2, 0) is 14.6 Å². The molecule has 0 aliphatic carbocycles. The number of carboxylic acid groups (broad SMARTS) is 1. The van der Waals surface area contributed by atoms with Crippen LogP contribution in [0.25, 0.3) is 0 Å². The first-order valence-electron chi connectivity index (χ1n) is 6.32. The van der Waals surface area contributed by atoms with E-state index < -0.39 is 21.7 Å². The van der Waals surface area contributed by atoms with Crippen molar-refractivity contribution in [3.8, 4) is 5.75 Å². The molecule has 0 saturated carbocycles. The maximum atomic E-state index is 11.7. The normalized spacial score (nSPS) is 19.9. The molecule has 1 heterocycles. The van der Waals surface area contributed by atoms with Crippen LogP contribution in [0.2, 0.25) is 0 Å². The van der Waals surface area contributed by atoms with Gasteiger partial charge in [0, 0.05) is 6.04 Å². The fourth-order valence-electron chi connectivity index (χ4n) is 2.05. The lowest BCUT2D eigenvalue weighted by Crippen LogP contribution is -2.38. The highest BCUT2D eigenvalue weighted by molar-refractivity contribution is 7.91. The zero-order chi connectivity index (χ0) is 15.5. The Labute approximate surface area is 121 Å². The van der Waals surface area contributed by atoms with Crippen LogP contribution in [0.5, 0.6) is 5.75 Å². The summed E-state index contributed by atoms with van der Waals surface area (Å²) in [6.45, 7) is -0.292. The van der Waals surface area contributed by atoms with Crippen molar-refractivity contribution in [1.82, 2.24) is 5.32 Å². The van der Waals surface area contributed by atoms with E-state index in [0.29, 0.717) is 6.42 Å². The highest BCUT2D eigenvalue weighted by Gasteiger charge is 2.28. The van der Waals surface area contributed by atoms with Crippen LogP contribution in [0.15, 0.2) is 24.3 Å². The minimum Gasteiger partial charge on any atom is -0.484 e. The SMILES string of the molecule is O=C(COc1cccc(C(=O)O)c1)NC1CCS(=O)(=O)C1. The van der Waals surface area contributed by atoms with Crippen molar-refractivity contribution in [1.29, 1.82) is 0 Å². The highest BCUT2D eigenvalue weighted by Crippen LogP contribution is 2.14. The number of hydrogen-bond donors (Lipinski definition) is 2. The van der Waals surface area contributed by atoms with Crippen LogP contribution in [-0.4, -0.2) is 49.6 Å². The Balaban J connectivity index is 1.84. The second-order valence-electron chi connectivity index (χ2n) is 4.79. The number of carbonyl (C=O) groups excluding carboxylic acids is 1. The summed E-state index contributed by atoms with van der Waals surface area (Å²) in [6, 6.07) is 5.41. The van der Waals surface area contributed by atoms with E-state index in [2.05, 4.69) is 5.32 Å². The minimum absolute atomic E-state index is 0.0484. The first kappa shape index (κ1) is 15.3. The molecule has 1 aromatic carbocycles. The van der Waals surface area contributed by atoms with Crippen molar-refractivity contribution in [3.63, 3.8) is 0 Å². The van der Waals surface area contributed by atoms with Crippen LogP contribution < -0.4 is 10.1 Å². The zero-order valence-electron chi connectivity index (χ0n) is 11.1. The molecule has 7 nitrogen and oxygen atoms in total. The van der Waals surface area contributed by atoms with Gasteiger partial charge < -0.3 is 15.2 Å². The van der Waals surface area contributed by atoms with E-state index in [9.17, 15) is 18.0 Å². The summed E-state index contributed by atoms with van der Waals surface area (Å²) in [5, 5.41) is 11.4. The molecule has 1 unspecified atom stereocenters. The molecule has 1 atom stereocenters. The third-order valence-corrected chi connectivity index (χ3v) is 4.82. The van der Waals surface area contributed by atoms with Gasteiger partial charge in [0.15, 0.2) is 16.4 Å².